The molecule has 2 heterocycles. The molecule has 2 aromatic heterocycles. The van der Waals surface area contributed by atoms with Gasteiger partial charge in [0, 0.05) is 12.4 Å². The van der Waals surface area contributed by atoms with Gasteiger partial charge < -0.3 is 9.88 Å². The summed E-state index contributed by atoms with van der Waals surface area (Å²) in [6.07, 6.45) is 5.15. The van der Waals surface area contributed by atoms with Crippen LogP contribution in [0.5, 0.6) is 0 Å². The SMILES string of the molecule is Cc1cccc(-n2ncc(NC(=O)Cn3ccnc3C)c2C)c1. The van der Waals surface area contributed by atoms with E-state index in [1.165, 1.54) is 5.56 Å². The highest BCUT2D eigenvalue weighted by atomic mass is 16.2. The monoisotopic (exact) mass is 309 g/mol. The zero-order chi connectivity index (χ0) is 16.4. The highest BCUT2D eigenvalue weighted by Crippen LogP contribution is 2.19. The van der Waals surface area contributed by atoms with Gasteiger partial charge in [-0.2, -0.15) is 5.10 Å². The van der Waals surface area contributed by atoms with Crippen LogP contribution in [0.3, 0.4) is 0 Å². The number of imidazole rings is 1. The van der Waals surface area contributed by atoms with E-state index in [0.29, 0.717) is 5.69 Å². The number of benzene rings is 1. The molecule has 1 N–H and O–H groups in total. The number of amides is 1. The number of carbonyl (C=O) groups excluding carboxylic acids is 1. The van der Waals surface area contributed by atoms with E-state index in [1.54, 1.807) is 23.2 Å². The Morgan fingerprint density at radius 3 is 2.78 bits per heavy atom. The zero-order valence-corrected chi connectivity index (χ0v) is 13.4. The first-order valence-corrected chi connectivity index (χ1v) is 7.44. The molecule has 6 nitrogen and oxygen atoms in total. The molecule has 118 valence electrons. The maximum Gasteiger partial charge on any atom is 0.244 e. The third-order valence-electron chi connectivity index (χ3n) is 3.77. The Bertz CT molecular complexity index is 846. The summed E-state index contributed by atoms with van der Waals surface area (Å²) in [5.41, 5.74) is 3.76. The van der Waals surface area contributed by atoms with Crippen molar-refractivity contribution in [1.82, 2.24) is 19.3 Å². The van der Waals surface area contributed by atoms with Crippen LogP contribution >= 0.6 is 0 Å². The maximum absolute atomic E-state index is 12.2. The number of aryl methyl sites for hydroxylation is 2. The van der Waals surface area contributed by atoms with Crippen LogP contribution in [0.4, 0.5) is 5.69 Å². The van der Waals surface area contributed by atoms with Crippen molar-refractivity contribution >= 4 is 11.6 Å². The van der Waals surface area contributed by atoms with E-state index in [2.05, 4.69) is 21.5 Å². The molecule has 0 fully saturated rings. The average Bonchev–Trinajstić information content (AvgIpc) is 3.07. The number of hydrogen-bond acceptors (Lipinski definition) is 3. The topological polar surface area (TPSA) is 64.7 Å². The molecule has 0 saturated carbocycles. The van der Waals surface area contributed by atoms with Crippen LogP contribution in [0.2, 0.25) is 0 Å². The van der Waals surface area contributed by atoms with E-state index in [-0.39, 0.29) is 12.5 Å². The van der Waals surface area contributed by atoms with Crippen molar-refractivity contribution in [2.24, 2.45) is 0 Å². The fraction of sp³-hybridized carbons (Fsp3) is 0.235. The Hall–Kier alpha value is -2.89. The van der Waals surface area contributed by atoms with Gasteiger partial charge in [-0.15, -0.1) is 0 Å². The van der Waals surface area contributed by atoms with Crippen LogP contribution < -0.4 is 5.32 Å². The Kier molecular flexibility index (Phi) is 3.97. The molecule has 0 aliphatic rings. The summed E-state index contributed by atoms with van der Waals surface area (Å²) in [7, 11) is 0. The third-order valence-corrected chi connectivity index (χ3v) is 3.77. The number of aromatic nitrogens is 4. The second-order valence-electron chi connectivity index (χ2n) is 5.54. The number of nitrogens with zero attached hydrogens (tertiary/aromatic N) is 4. The Labute approximate surface area is 134 Å². The van der Waals surface area contributed by atoms with Gasteiger partial charge in [-0.05, 0) is 38.5 Å². The lowest BCUT2D eigenvalue weighted by atomic mass is 10.2. The lowest BCUT2D eigenvalue weighted by molar-refractivity contribution is -0.116. The number of carbonyl (C=O) groups is 1. The van der Waals surface area contributed by atoms with E-state index < -0.39 is 0 Å². The largest absolute Gasteiger partial charge is 0.326 e. The fourth-order valence-electron chi connectivity index (χ4n) is 2.47. The second-order valence-corrected chi connectivity index (χ2v) is 5.54. The van der Waals surface area contributed by atoms with Crippen LogP contribution in [0, 0.1) is 20.8 Å². The van der Waals surface area contributed by atoms with Crippen LogP contribution in [-0.4, -0.2) is 25.2 Å². The summed E-state index contributed by atoms with van der Waals surface area (Å²) in [6.45, 7) is 6.08. The van der Waals surface area contributed by atoms with E-state index >= 15 is 0 Å². The Morgan fingerprint density at radius 1 is 1.26 bits per heavy atom. The summed E-state index contributed by atoms with van der Waals surface area (Å²) >= 11 is 0. The van der Waals surface area contributed by atoms with Gasteiger partial charge in [0.2, 0.25) is 5.91 Å². The lowest BCUT2D eigenvalue weighted by Crippen LogP contribution is -2.19. The van der Waals surface area contributed by atoms with Gasteiger partial charge in [0.25, 0.3) is 0 Å². The highest BCUT2D eigenvalue weighted by molar-refractivity contribution is 5.91. The molecule has 0 unspecified atom stereocenters. The van der Waals surface area contributed by atoms with Crippen molar-refractivity contribution in [1.29, 1.82) is 0 Å². The maximum atomic E-state index is 12.2. The smallest absolute Gasteiger partial charge is 0.244 e. The van der Waals surface area contributed by atoms with Crippen LogP contribution in [0.25, 0.3) is 5.69 Å². The minimum absolute atomic E-state index is 0.0991. The molecule has 3 aromatic rings. The van der Waals surface area contributed by atoms with Crippen LogP contribution in [0.1, 0.15) is 17.1 Å². The number of nitrogens with one attached hydrogen (secondary N) is 1. The van der Waals surface area contributed by atoms with Crippen molar-refractivity contribution in [3.63, 3.8) is 0 Å². The second kappa shape index (κ2) is 6.08. The van der Waals surface area contributed by atoms with Crippen LogP contribution in [-0.2, 0) is 11.3 Å². The molecule has 0 aliphatic carbocycles. The molecule has 0 radical (unpaired) electrons. The van der Waals surface area contributed by atoms with E-state index in [9.17, 15) is 4.79 Å². The van der Waals surface area contributed by atoms with Gasteiger partial charge in [-0.3, -0.25) is 4.79 Å². The molecule has 0 saturated heterocycles. The summed E-state index contributed by atoms with van der Waals surface area (Å²) in [5, 5.41) is 7.29. The summed E-state index contributed by atoms with van der Waals surface area (Å²) in [4.78, 5) is 16.3. The third kappa shape index (κ3) is 3.15. The van der Waals surface area contributed by atoms with Crippen molar-refractivity contribution in [3.05, 3.63) is 59.9 Å². The first-order chi connectivity index (χ1) is 11.0. The molecule has 0 bridgehead atoms. The van der Waals surface area contributed by atoms with Crippen molar-refractivity contribution in [2.45, 2.75) is 27.3 Å². The van der Waals surface area contributed by atoms with E-state index in [4.69, 9.17) is 0 Å². The van der Waals surface area contributed by atoms with Gasteiger partial charge in [-0.25, -0.2) is 9.67 Å². The molecular formula is C17H19N5O. The van der Waals surface area contributed by atoms with Crippen LogP contribution in [0.15, 0.2) is 42.9 Å². The molecule has 1 amide bonds. The molecular weight excluding hydrogens is 290 g/mol. The van der Waals surface area contributed by atoms with Gasteiger partial charge >= 0.3 is 0 Å². The first-order valence-electron chi connectivity index (χ1n) is 7.44. The summed E-state index contributed by atoms with van der Waals surface area (Å²) in [6, 6.07) is 8.08. The average molecular weight is 309 g/mol. The number of hydrogen-bond donors (Lipinski definition) is 1. The lowest BCUT2D eigenvalue weighted by Gasteiger charge is -2.08. The number of anilines is 1. The van der Waals surface area contributed by atoms with Crippen molar-refractivity contribution in [2.75, 3.05) is 5.32 Å². The Morgan fingerprint density at radius 2 is 2.09 bits per heavy atom. The van der Waals surface area contributed by atoms with E-state index in [1.807, 2.05) is 43.7 Å². The quantitative estimate of drug-likeness (QED) is 0.805. The van der Waals surface area contributed by atoms with Gasteiger partial charge in [0.15, 0.2) is 0 Å². The zero-order valence-electron chi connectivity index (χ0n) is 13.4. The first kappa shape index (κ1) is 15.0. The van der Waals surface area contributed by atoms with Gasteiger partial charge in [-0.1, -0.05) is 12.1 Å². The highest BCUT2D eigenvalue weighted by Gasteiger charge is 2.12. The van der Waals surface area contributed by atoms with Gasteiger partial charge in [0.05, 0.1) is 23.3 Å². The molecule has 1 aromatic carbocycles. The summed E-state index contributed by atoms with van der Waals surface area (Å²) < 4.78 is 3.63. The molecule has 6 heteroatoms. The predicted octanol–water partition coefficient (Wildman–Crippen LogP) is 2.63. The Balaban J connectivity index is 1.77. The molecule has 0 atom stereocenters. The number of rotatable bonds is 4. The minimum Gasteiger partial charge on any atom is -0.326 e. The fourth-order valence-corrected chi connectivity index (χ4v) is 2.47. The molecule has 0 spiro atoms. The standard InChI is InChI=1S/C17H19N5O/c1-12-5-4-6-15(9-12)22-13(2)16(10-19-22)20-17(23)11-21-8-7-18-14(21)3/h4-10H,11H2,1-3H3,(H,20,23). The minimum atomic E-state index is -0.0991. The normalized spacial score (nSPS) is 10.7. The predicted molar refractivity (Wildman–Crippen MR) is 88.6 cm³/mol. The summed E-state index contributed by atoms with van der Waals surface area (Å²) in [5.74, 6) is 0.713. The molecule has 23 heavy (non-hydrogen) atoms. The van der Waals surface area contributed by atoms with Gasteiger partial charge in [0.1, 0.15) is 12.4 Å². The molecule has 3 rings (SSSR count). The molecule has 0 aliphatic heterocycles. The van der Waals surface area contributed by atoms with Crippen molar-refractivity contribution < 1.29 is 4.79 Å². The van der Waals surface area contributed by atoms with E-state index in [0.717, 1.165) is 17.2 Å². The van der Waals surface area contributed by atoms with Crippen molar-refractivity contribution in [3.8, 4) is 5.69 Å².